The smallest absolute Gasteiger partial charge is 0.192 e. The fourth-order valence-corrected chi connectivity index (χ4v) is 2.77. The van der Waals surface area contributed by atoms with Crippen molar-refractivity contribution < 1.29 is 9.47 Å². The number of ether oxygens (including phenoxy) is 2. The molecule has 18 heavy (non-hydrogen) atoms. The summed E-state index contributed by atoms with van der Waals surface area (Å²) < 4.78 is 12.3. The monoisotopic (exact) mass is 248 g/mol. The van der Waals surface area contributed by atoms with Gasteiger partial charge in [-0.25, -0.2) is 0 Å². The summed E-state index contributed by atoms with van der Waals surface area (Å²) in [5.74, 6) is -0.141. The summed E-state index contributed by atoms with van der Waals surface area (Å²) in [6.45, 7) is 11.6. The van der Waals surface area contributed by atoms with Gasteiger partial charge in [-0.05, 0) is 12.8 Å². The van der Waals surface area contributed by atoms with Crippen molar-refractivity contribution in [2.45, 2.75) is 46.5 Å². The SMILES string of the molecule is CC(C)[C@H]1O[C@](C)(c2ccccc2)OCC1(C)C. The van der Waals surface area contributed by atoms with Crippen molar-refractivity contribution in [1.82, 2.24) is 0 Å². The van der Waals surface area contributed by atoms with Crippen LogP contribution in [-0.4, -0.2) is 12.7 Å². The van der Waals surface area contributed by atoms with Gasteiger partial charge in [-0.2, -0.15) is 0 Å². The quantitative estimate of drug-likeness (QED) is 0.788. The maximum Gasteiger partial charge on any atom is 0.192 e. The highest BCUT2D eigenvalue weighted by Crippen LogP contribution is 2.42. The van der Waals surface area contributed by atoms with Gasteiger partial charge >= 0.3 is 0 Å². The van der Waals surface area contributed by atoms with Crippen LogP contribution in [0.15, 0.2) is 30.3 Å². The molecule has 1 aliphatic heterocycles. The average molecular weight is 248 g/mol. The zero-order chi connectivity index (χ0) is 13.4. The second-order valence-corrected chi connectivity index (χ2v) is 6.37. The molecule has 2 rings (SSSR count). The maximum atomic E-state index is 6.31. The Balaban J connectivity index is 2.27. The Kier molecular flexibility index (Phi) is 3.52. The predicted molar refractivity (Wildman–Crippen MR) is 73.2 cm³/mol. The summed E-state index contributed by atoms with van der Waals surface area (Å²) in [5, 5.41) is 0. The standard InChI is InChI=1S/C16H24O2/c1-12(2)14-15(3,4)11-17-16(5,18-14)13-9-7-6-8-10-13/h6-10,12,14H,11H2,1-5H3/t14-,16-/m1/s1. The van der Waals surface area contributed by atoms with Crippen molar-refractivity contribution in [1.29, 1.82) is 0 Å². The Bertz CT molecular complexity index is 397. The highest BCUT2D eigenvalue weighted by Gasteiger charge is 2.46. The van der Waals surface area contributed by atoms with Crippen molar-refractivity contribution in [3.63, 3.8) is 0 Å². The van der Waals surface area contributed by atoms with E-state index in [0.29, 0.717) is 5.92 Å². The molecule has 1 aliphatic rings. The lowest BCUT2D eigenvalue weighted by molar-refractivity contribution is -0.337. The molecule has 0 saturated carbocycles. The van der Waals surface area contributed by atoms with Gasteiger partial charge in [0.15, 0.2) is 5.79 Å². The largest absolute Gasteiger partial charge is 0.345 e. The van der Waals surface area contributed by atoms with E-state index >= 15 is 0 Å². The van der Waals surface area contributed by atoms with E-state index in [4.69, 9.17) is 9.47 Å². The number of benzene rings is 1. The van der Waals surface area contributed by atoms with Crippen LogP contribution in [0.2, 0.25) is 0 Å². The fraction of sp³-hybridized carbons (Fsp3) is 0.625. The highest BCUT2D eigenvalue weighted by atomic mass is 16.7. The van der Waals surface area contributed by atoms with Crippen molar-refractivity contribution >= 4 is 0 Å². The molecule has 0 aliphatic carbocycles. The summed E-state index contributed by atoms with van der Waals surface area (Å²) in [7, 11) is 0. The van der Waals surface area contributed by atoms with Crippen LogP contribution in [0, 0.1) is 11.3 Å². The van der Waals surface area contributed by atoms with Crippen LogP contribution in [-0.2, 0) is 15.3 Å². The van der Waals surface area contributed by atoms with Crippen molar-refractivity contribution in [3.05, 3.63) is 35.9 Å². The van der Waals surface area contributed by atoms with E-state index in [0.717, 1.165) is 12.2 Å². The molecule has 1 aromatic rings. The Morgan fingerprint density at radius 3 is 2.28 bits per heavy atom. The van der Waals surface area contributed by atoms with Crippen molar-refractivity contribution in [2.75, 3.05) is 6.61 Å². The topological polar surface area (TPSA) is 18.5 Å². The first kappa shape index (κ1) is 13.6. The first-order chi connectivity index (χ1) is 8.35. The van der Waals surface area contributed by atoms with Crippen LogP contribution in [0.5, 0.6) is 0 Å². The molecule has 0 radical (unpaired) electrons. The molecule has 2 heteroatoms. The van der Waals surface area contributed by atoms with Crippen LogP contribution in [0.3, 0.4) is 0 Å². The summed E-state index contributed by atoms with van der Waals surface area (Å²) in [6.07, 6.45) is 0.205. The zero-order valence-corrected chi connectivity index (χ0v) is 12.1. The van der Waals surface area contributed by atoms with Crippen molar-refractivity contribution in [2.24, 2.45) is 11.3 Å². The van der Waals surface area contributed by atoms with Gasteiger partial charge in [0, 0.05) is 11.0 Å². The van der Waals surface area contributed by atoms with Crippen LogP contribution >= 0.6 is 0 Å². The summed E-state index contributed by atoms with van der Waals surface area (Å²) >= 11 is 0. The van der Waals surface area contributed by atoms with Gasteiger partial charge in [0.05, 0.1) is 12.7 Å². The molecule has 0 amide bonds. The lowest BCUT2D eigenvalue weighted by Gasteiger charge is -2.49. The minimum absolute atomic E-state index is 0.0580. The Labute approximate surface area is 110 Å². The molecule has 2 atom stereocenters. The summed E-state index contributed by atoms with van der Waals surface area (Å²) in [4.78, 5) is 0. The minimum Gasteiger partial charge on any atom is -0.345 e. The third kappa shape index (κ3) is 2.45. The van der Waals surface area contributed by atoms with Crippen molar-refractivity contribution in [3.8, 4) is 0 Å². The molecule has 1 heterocycles. The molecule has 1 saturated heterocycles. The van der Waals surface area contributed by atoms with Gasteiger partial charge in [0.25, 0.3) is 0 Å². The molecule has 2 nitrogen and oxygen atoms in total. The molecule has 0 aromatic heterocycles. The second kappa shape index (κ2) is 4.67. The van der Waals surface area contributed by atoms with E-state index in [1.54, 1.807) is 0 Å². The number of hydrogen-bond donors (Lipinski definition) is 0. The van der Waals surface area contributed by atoms with Gasteiger partial charge in [-0.1, -0.05) is 58.0 Å². The van der Waals surface area contributed by atoms with Crippen LogP contribution in [0.25, 0.3) is 0 Å². The van der Waals surface area contributed by atoms with Crippen LogP contribution < -0.4 is 0 Å². The molecule has 100 valence electrons. The third-order valence-corrected chi connectivity index (χ3v) is 3.75. The fourth-order valence-electron chi connectivity index (χ4n) is 2.77. The van der Waals surface area contributed by atoms with Crippen LogP contribution in [0.1, 0.15) is 40.2 Å². The van der Waals surface area contributed by atoms with E-state index in [1.165, 1.54) is 0 Å². The van der Waals surface area contributed by atoms with Gasteiger partial charge < -0.3 is 9.47 Å². The minimum atomic E-state index is -0.619. The lowest BCUT2D eigenvalue weighted by Crippen LogP contribution is -2.52. The molecule has 1 aromatic carbocycles. The van der Waals surface area contributed by atoms with E-state index in [1.807, 2.05) is 25.1 Å². The maximum absolute atomic E-state index is 6.31. The molecular weight excluding hydrogens is 224 g/mol. The Morgan fingerprint density at radius 2 is 1.72 bits per heavy atom. The third-order valence-electron chi connectivity index (χ3n) is 3.75. The molecule has 0 unspecified atom stereocenters. The first-order valence-corrected chi connectivity index (χ1v) is 6.72. The summed E-state index contributed by atoms with van der Waals surface area (Å²) in [5.41, 5.74) is 1.15. The van der Waals surface area contributed by atoms with Gasteiger partial charge in [-0.3, -0.25) is 0 Å². The molecular formula is C16H24O2. The average Bonchev–Trinajstić information content (AvgIpc) is 2.33. The van der Waals surface area contributed by atoms with Gasteiger partial charge in [-0.15, -0.1) is 0 Å². The number of hydrogen-bond acceptors (Lipinski definition) is 2. The second-order valence-electron chi connectivity index (χ2n) is 6.37. The summed E-state index contributed by atoms with van der Waals surface area (Å²) in [6, 6.07) is 10.2. The zero-order valence-electron chi connectivity index (χ0n) is 12.1. The predicted octanol–water partition coefficient (Wildman–Crippen LogP) is 3.96. The van der Waals surface area contributed by atoms with E-state index in [-0.39, 0.29) is 11.5 Å². The molecule has 0 spiro atoms. The molecule has 0 N–H and O–H groups in total. The lowest BCUT2D eigenvalue weighted by atomic mass is 9.80. The van der Waals surface area contributed by atoms with E-state index < -0.39 is 5.79 Å². The van der Waals surface area contributed by atoms with Gasteiger partial charge in [0.2, 0.25) is 0 Å². The van der Waals surface area contributed by atoms with Gasteiger partial charge in [0.1, 0.15) is 0 Å². The van der Waals surface area contributed by atoms with Crippen LogP contribution in [0.4, 0.5) is 0 Å². The normalized spacial score (nSPS) is 31.6. The highest BCUT2D eigenvalue weighted by molar-refractivity contribution is 5.20. The molecule has 1 fully saturated rings. The van der Waals surface area contributed by atoms with E-state index in [2.05, 4.69) is 39.8 Å². The Morgan fingerprint density at radius 1 is 1.11 bits per heavy atom. The molecule has 0 bridgehead atoms. The first-order valence-electron chi connectivity index (χ1n) is 6.72. The number of rotatable bonds is 2. The Hall–Kier alpha value is -0.860. The van der Waals surface area contributed by atoms with E-state index in [9.17, 15) is 0 Å².